The van der Waals surface area contributed by atoms with E-state index in [1.165, 1.54) is 0 Å². The number of amides is 2. The fourth-order valence-corrected chi connectivity index (χ4v) is 2.47. The fraction of sp³-hybridized carbons (Fsp3) is 0.467. The van der Waals surface area contributed by atoms with Crippen LogP contribution in [0.25, 0.3) is 0 Å². The topological polar surface area (TPSA) is 52.7 Å². The summed E-state index contributed by atoms with van der Waals surface area (Å²) in [5.41, 5.74) is 1.73. The lowest BCUT2D eigenvalue weighted by atomic mass is 10.1. The minimum Gasteiger partial charge on any atom is -0.376 e. The van der Waals surface area contributed by atoms with E-state index in [1.807, 2.05) is 50.2 Å². The fourth-order valence-electron chi connectivity index (χ4n) is 2.47. The Labute approximate surface area is 119 Å². The second-order valence-corrected chi connectivity index (χ2v) is 5.22. The first-order valence-corrected chi connectivity index (χ1v) is 6.91. The standard InChI is InChI=1S/C15H21N3O2/c1-4-7-11-15(20)18(10-14(19)16-11)13-9-6-5-8-12(13)17(2)3/h5-6,8-9,11H,4,7,10H2,1-3H3,(H,16,19). The van der Waals surface area contributed by atoms with Crippen LogP contribution in [0.3, 0.4) is 0 Å². The second kappa shape index (κ2) is 5.94. The zero-order valence-electron chi connectivity index (χ0n) is 12.2. The molecule has 1 N–H and O–H groups in total. The molecular formula is C15H21N3O2. The molecule has 1 fully saturated rings. The molecule has 108 valence electrons. The molecule has 1 aliphatic rings. The molecule has 20 heavy (non-hydrogen) atoms. The van der Waals surface area contributed by atoms with Crippen LogP contribution in [0.5, 0.6) is 0 Å². The Morgan fingerprint density at radius 2 is 2.00 bits per heavy atom. The first-order chi connectivity index (χ1) is 9.54. The van der Waals surface area contributed by atoms with Gasteiger partial charge in [-0.15, -0.1) is 0 Å². The lowest BCUT2D eigenvalue weighted by Gasteiger charge is -2.34. The van der Waals surface area contributed by atoms with Gasteiger partial charge in [0.15, 0.2) is 0 Å². The van der Waals surface area contributed by atoms with Gasteiger partial charge in [-0.05, 0) is 18.6 Å². The molecule has 1 heterocycles. The average molecular weight is 275 g/mol. The molecule has 1 aromatic rings. The molecule has 0 spiro atoms. The van der Waals surface area contributed by atoms with Crippen molar-refractivity contribution in [2.75, 3.05) is 30.4 Å². The number of anilines is 2. The number of carbonyl (C=O) groups is 2. The summed E-state index contributed by atoms with van der Waals surface area (Å²) in [5.74, 6) is -0.127. The zero-order chi connectivity index (χ0) is 14.7. The molecule has 1 aromatic carbocycles. The lowest BCUT2D eigenvalue weighted by molar-refractivity contribution is -0.131. The number of piperazine rings is 1. The molecule has 5 nitrogen and oxygen atoms in total. The third-order valence-corrected chi connectivity index (χ3v) is 3.43. The van der Waals surface area contributed by atoms with Gasteiger partial charge in [-0.2, -0.15) is 0 Å². The maximum absolute atomic E-state index is 12.5. The van der Waals surface area contributed by atoms with Gasteiger partial charge in [0.2, 0.25) is 11.8 Å². The van der Waals surface area contributed by atoms with Gasteiger partial charge in [0.05, 0.1) is 11.4 Å². The monoisotopic (exact) mass is 275 g/mol. The zero-order valence-corrected chi connectivity index (χ0v) is 12.2. The molecule has 0 aromatic heterocycles. The summed E-state index contributed by atoms with van der Waals surface area (Å²) in [6, 6.07) is 7.24. The smallest absolute Gasteiger partial charge is 0.250 e. The van der Waals surface area contributed by atoms with Crippen LogP contribution in [0.4, 0.5) is 11.4 Å². The van der Waals surface area contributed by atoms with Crippen molar-refractivity contribution in [2.24, 2.45) is 0 Å². The van der Waals surface area contributed by atoms with Crippen molar-refractivity contribution in [1.82, 2.24) is 5.32 Å². The number of para-hydroxylation sites is 2. The van der Waals surface area contributed by atoms with E-state index in [9.17, 15) is 9.59 Å². The van der Waals surface area contributed by atoms with Gasteiger partial charge in [-0.25, -0.2) is 0 Å². The van der Waals surface area contributed by atoms with Crippen LogP contribution < -0.4 is 15.1 Å². The van der Waals surface area contributed by atoms with Gasteiger partial charge in [-0.1, -0.05) is 25.5 Å². The molecule has 2 amide bonds. The highest BCUT2D eigenvalue weighted by Gasteiger charge is 2.33. The van der Waals surface area contributed by atoms with E-state index in [2.05, 4.69) is 5.32 Å². The Morgan fingerprint density at radius 3 is 2.65 bits per heavy atom. The number of nitrogens with zero attached hydrogens (tertiary/aromatic N) is 2. The number of hydrogen-bond donors (Lipinski definition) is 1. The maximum Gasteiger partial charge on any atom is 0.250 e. The summed E-state index contributed by atoms with van der Waals surface area (Å²) in [7, 11) is 3.85. The van der Waals surface area contributed by atoms with Crippen molar-refractivity contribution in [1.29, 1.82) is 0 Å². The summed E-state index contributed by atoms with van der Waals surface area (Å²) in [5, 5.41) is 2.77. The lowest BCUT2D eigenvalue weighted by Crippen LogP contribution is -2.58. The van der Waals surface area contributed by atoms with E-state index < -0.39 is 6.04 Å². The van der Waals surface area contributed by atoms with Gasteiger partial charge in [-0.3, -0.25) is 14.5 Å². The van der Waals surface area contributed by atoms with Crippen molar-refractivity contribution in [2.45, 2.75) is 25.8 Å². The third kappa shape index (κ3) is 2.76. The van der Waals surface area contributed by atoms with E-state index in [4.69, 9.17) is 0 Å². The Balaban J connectivity index is 2.35. The Bertz CT molecular complexity index is 514. The molecule has 2 rings (SSSR count). The Kier molecular flexibility index (Phi) is 4.27. The van der Waals surface area contributed by atoms with Crippen LogP contribution in [0.2, 0.25) is 0 Å². The number of benzene rings is 1. The molecule has 0 bridgehead atoms. The maximum atomic E-state index is 12.5. The number of nitrogens with one attached hydrogen (secondary N) is 1. The van der Waals surface area contributed by atoms with Crippen molar-refractivity contribution in [3.8, 4) is 0 Å². The van der Waals surface area contributed by atoms with Crippen LogP contribution in [-0.4, -0.2) is 38.5 Å². The van der Waals surface area contributed by atoms with Gasteiger partial charge in [0, 0.05) is 14.1 Å². The first-order valence-electron chi connectivity index (χ1n) is 6.91. The molecule has 1 unspecified atom stereocenters. The van der Waals surface area contributed by atoms with Crippen LogP contribution in [-0.2, 0) is 9.59 Å². The molecule has 0 aliphatic carbocycles. The number of rotatable bonds is 4. The number of carbonyl (C=O) groups excluding carboxylic acids is 2. The summed E-state index contributed by atoms with van der Waals surface area (Å²) < 4.78 is 0. The predicted octanol–water partition coefficient (Wildman–Crippen LogP) is 1.38. The Morgan fingerprint density at radius 1 is 1.30 bits per heavy atom. The SMILES string of the molecule is CCCC1NC(=O)CN(c2ccccc2N(C)C)C1=O. The Hall–Kier alpha value is -2.04. The van der Waals surface area contributed by atoms with Crippen LogP contribution in [0.15, 0.2) is 24.3 Å². The predicted molar refractivity (Wildman–Crippen MR) is 80.0 cm³/mol. The van der Waals surface area contributed by atoms with E-state index in [0.29, 0.717) is 6.42 Å². The second-order valence-electron chi connectivity index (χ2n) is 5.22. The van der Waals surface area contributed by atoms with Gasteiger partial charge >= 0.3 is 0 Å². The third-order valence-electron chi connectivity index (χ3n) is 3.43. The summed E-state index contributed by atoms with van der Waals surface area (Å²) in [6.07, 6.45) is 1.53. The average Bonchev–Trinajstić information content (AvgIpc) is 2.42. The van der Waals surface area contributed by atoms with Crippen molar-refractivity contribution < 1.29 is 9.59 Å². The minimum atomic E-state index is -0.406. The number of hydrogen-bond acceptors (Lipinski definition) is 3. The summed E-state index contributed by atoms with van der Waals surface area (Å²) in [4.78, 5) is 27.9. The summed E-state index contributed by atoms with van der Waals surface area (Å²) >= 11 is 0. The van der Waals surface area contributed by atoms with E-state index in [1.54, 1.807) is 4.90 Å². The van der Waals surface area contributed by atoms with Gasteiger partial charge < -0.3 is 10.2 Å². The quantitative estimate of drug-likeness (QED) is 0.903. The van der Waals surface area contributed by atoms with Crippen molar-refractivity contribution >= 4 is 23.2 Å². The molecule has 1 atom stereocenters. The van der Waals surface area contributed by atoms with Crippen LogP contribution in [0, 0.1) is 0 Å². The van der Waals surface area contributed by atoms with E-state index >= 15 is 0 Å². The van der Waals surface area contributed by atoms with Crippen LogP contribution in [0.1, 0.15) is 19.8 Å². The molecule has 0 saturated carbocycles. The highest BCUT2D eigenvalue weighted by atomic mass is 16.2. The highest BCUT2D eigenvalue weighted by molar-refractivity contribution is 6.08. The largest absolute Gasteiger partial charge is 0.376 e. The first kappa shape index (κ1) is 14.4. The minimum absolute atomic E-state index is 0.0271. The van der Waals surface area contributed by atoms with E-state index in [-0.39, 0.29) is 18.4 Å². The normalized spacial score (nSPS) is 18.9. The summed E-state index contributed by atoms with van der Waals surface area (Å²) in [6.45, 7) is 2.09. The van der Waals surface area contributed by atoms with Crippen LogP contribution >= 0.6 is 0 Å². The van der Waals surface area contributed by atoms with Crippen molar-refractivity contribution in [3.05, 3.63) is 24.3 Å². The molecule has 5 heteroatoms. The highest BCUT2D eigenvalue weighted by Crippen LogP contribution is 2.29. The molecule has 1 saturated heterocycles. The van der Waals surface area contributed by atoms with Gasteiger partial charge in [0.1, 0.15) is 12.6 Å². The molecule has 0 radical (unpaired) electrons. The van der Waals surface area contributed by atoms with E-state index in [0.717, 1.165) is 17.8 Å². The van der Waals surface area contributed by atoms with Crippen molar-refractivity contribution in [3.63, 3.8) is 0 Å². The molecule has 1 aliphatic heterocycles. The molecular weight excluding hydrogens is 254 g/mol. The van der Waals surface area contributed by atoms with Gasteiger partial charge in [0.25, 0.3) is 0 Å².